The van der Waals surface area contributed by atoms with Crippen LogP contribution in [0.15, 0.2) is 29.1 Å². The highest BCUT2D eigenvalue weighted by Crippen LogP contribution is 2.13. The summed E-state index contributed by atoms with van der Waals surface area (Å²) in [6.07, 6.45) is 0. The van der Waals surface area contributed by atoms with Crippen LogP contribution in [0, 0.1) is 25.5 Å². The number of ketones is 1. The minimum absolute atomic E-state index is 0.449. The molecular formula is C14H12F2N2O2. The minimum Gasteiger partial charge on any atom is -0.292 e. The molecule has 2 aromatic rings. The zero-order chi connectivity index (χ0) is 14.9. The summed E-state index contributed by atoms with van der Waals surface area (Å²) < 4.78 is 28.1. The highest BCUT2D eigenvalue weighted by atomic mass is 19.1. The van der Waals surface area contributed by atoms with Gasteiger partial charge in [0.15, 0.2) is 5.78 Å². The van der Waals surface area contributed by atoms with Crippen molar-refractivity contribution in [3.8, 4) is 0 Å². The van der Waals surface area contributed by atoms with Crippen LogP contribution in [0.2, 0.25) is 0 Å². The fourth-order valence-corrected chi connectivity index (χ4v) is 1.95. The van der Waals surface area contributed by atoms with E-state index in [1.165, 1.54) is 6.07 Å². The molecular weight excluding hydrogens is 266 g/mol. The van der Waals surface area contributed by atoms with E-state index in [2.05, 4.69) is 4.98 Å². The van der Waals surface area contributed by atoms with Gasteiger partial charge in [-0.1, -0.05) is 6.07 Å². The average molecular weight is 278 g/mol. The molecule has 1 aromatic heterocycles. The molecule has 0 saturated carbocycles. The first-order valence-electron chi connectivity index (χ1n) is 5.92. The van der Waals surface area contributed by atoms with E-state index >= 15 is 0 Å². The molecule has 0 radical (unpaired) electrons. The van der Waals surface area contributed by atoms with Gasteiger partial charge in [0.25, 0.3) is 0 Å². The maximum absolute atomic E-state index is 13.5. The standard InChI is InChI=1S/C14H12F2N2O2/c1-8-6-9(2)18(14(20)17-8)7-12(19)13-10(15)4-3-5-11(13)16/h3-6H,7H2,1-2H3. The van der Waals surface area contributed by atoms with Crippen molar-refractivity contribution in [3.63, 3.8) is 0 Å². The van der Waals surface area contributed by atoms with Gasteiger partial charge in [-0.15, -0.1) is 0 Å². The molecule has 2 rings (SSSR count). The lowest BCUT2D eigenvalue weighted by atomic mass is 10.1. The molecule has 0 amide bonds. The Morgan fingerprint density at radius 2 is 1.85 bits per heavy atom. The Bertz CT molecular complexity index is 718. The molecule has 0 fully saturated rings. The third kappa shape index (κ3) is 2.64. The Balaban J connectivity index is 2.41. The Morgan fingerprint density at radius 1 is 1.25 bits per heavy atom. The first kappa shape index (κ1) is 14.0. The molecule has 0 unspecified atom stereocenters. The normalized spacial score (nSPS) is 10.6. The molecule has 0 N–H and O–H groups in total. The van der Waals surface area contributed by atoms with Crippen LogP contribution < -0.4 is 5.69 Å². The SMILES string of the molecule is Cc1cc(C)n(CC(=O)c2c(F)cccc2F)c(=O)n1. The van der Waals surface area contributed by atoms with Crippen LogP contribution in [0.5, 0.6) is 0 Å². The second-order valence-corrected chi connectivity index (χ2v) is 4.43. The average Bonchev–Trinajstić information content (AvgIpc) is 2.33. The number of aromatic nitrogens is 2. The van der Waals surface area contributed by atoms with Crippen LogP contribution in [0.3, 0.4) is 0 Å². The third-order valence-corrected chi connectivity index (χ3v) is 2.89. The molecule has 6 heteroatoms. The van der Waals surface area contributed by atoms with Crippen molar-refractivity contribution in [2.24, 2.45) is 0 Å². The van der Waals surface area contributed by atoms with Gasteiger partial charge in [-0.3, -0.25) is 9.36 Å². The molecule has 20 heavy (non-hydrogen) atoms. The van der Waals surface area contributed by atoms with Gasteiger partial charge in [0.2, 0.25) is 0 Å². The Labute approximate surface area is 113 Å². The molecule has 0 aliphatic carbocycles. The number of benzene rings is 1. The number of halogens is 2. The van der Waals surface area contributed by atoms with Gasteiger partial charge in [0.05, 0.1) is 12.1 Å². The lowest BCUT2D eigenvalue weighted by molar-refractivity contribution is 0.0961. The molecule has 4 nitrogen and oxygen atoms in total. The molecule has 1 heterocycles. The maximum atomic E-state index is 13.5. The summed E-state index contributed by atoms with van der Waals surface area (Å²) in [6.45, 7) is 2.83. The topological polar surface area (TPSA) is 52.0 Å². The molecule has 1 aromatic carbocycles. The molecule has 0 bridgehead atoms. The molecule has 0 atom stereocenters. The van der Waals surface area contributed by atoms with E-state index in [1.54, 1.807) is 19.9 Å². The van der Waals surface area contributed by atoms with E-state index in [4.69, 9.17) is 0 Å². The summed E-state index contributed by atoms with van der Waals surface area (Å²) in [5.41, 5.74) is -0.229. The largest absolute Gasteiger partial charge is 0.348 e. The Kier molecular flexibility index (Phi) is 3.74. The number of nitrogens with zero attached hydrogens (tertiary/aromatic N) is 2. The predicted molar refractivity (Wildman–Crippen MR) is 68.7 cm³/mol. The molecule has 104 valence electrons. The first-order valence-corrected chi connectivity index (χ1v) is 5.92. The number of carbonyl (C=O) groups excluding carboxylic acids is 1. The number of hydrogen-bond acceptors (Lipinski definition) is 3. The van der Waals surface area contributed by atoms with E-state index in [1.807, 2.05) is 0 Å². The summed E-state index contributed by atoms with van der Waals surface area (Å²) >= 11 is 0. The van der Waals surface area contributed by atoms with Crippen LogP contribution in [-0.4, -0.2) is 15.3 Å². The lowest BCUT2D eigenvalue weighted by Crippen LogP contribution is -2.29. The first-order chi connectivity index (χ1) is 9.40. The lowest BCUT2D eigenvalue weighted by Gasteiger charge is -2.09. The number of Topliss-reactive ketones (excluding diaryl/α,β-unsaturated/α-hetero) is 1. The van der Waals surface area contributed by atoms with Gasteiger partial charge < -0.3 is 0 Å². The monoisotopic (exact) mass is 278 g/mol. The molecule has 0 spiro atoms. The Morgan fingerprint density at radius 3 is 2.40 bits per heavy atom. The van der Waals surface area contributed by atoms with Gasteiger partial charge >= 0.3 is 5.69 Å². The van der Waals surface area contributed by atoms with Crippen molar-refractivity contribution in [3.05, 3.63) is 63.3 Å². The number of aryl methyl sites for hydroxylation is 2. The quantitative estimate of drug-likeness (QED) is 0.807. The van der Waals surface area contributed by atoms with Gasteiger partial charge in [-0.25, -0.2) is 13.6 Å². The molecule has 0 aliphatic heterocycles. The van der Waals surface area contributed by atoms with Crippen LogP contribution >= 0.6 is 0 Å². The second-order valence-electron chi connectivity index (χ2n) is 4.43. The van der Waals surface area contributed by atoms with Gasteiger partial charge in [0, 0.05) is 11.4 Å². The van der Waals surface area contributed by atoms with Gasteiger partial charge in [-0.05, 0) is 32.0 Å². The van der Waals surface area contributed by atoms with Crippen molar-refractivity contribution in [1.82, 2.24) is 9.55 Å². The fraction of sp³-hybridized carbons (Fsp3) is 0.214. The summed E-state index contributed by atoms with van der Waals surface area (Å²) in [4.78, 5) is 27.4. The fourth-order valence-electron chi connectivity index (χ4n) is 1.95. The van der Waals surface area contributed by atoms with Crippen LogP contribution in [-0.2, 0) is 6.54 Å². The summed E-state index contributed by atoms with van der Waals surface area (Å²) in [5.74, 6) is -2.70. The highest BCUT2D eigenvalue weighted by molar-refractivity contribution is 5.96. The van der Waals surface area contributed by atoms with E-state index < -0.39 is 35.2 Å². The van der Waals surface area contributed by atoms with Gasteiger partial charge in [-0.2, -0.15) is 4.98 Å². The number of carbonyl (C=O) groups is 1. The third-order valence-electron chi connectivity index (χ3n) is 2.89. The van der Waals surface area contributed by atoms with Crippen LogP contribution in [0.4, 0.5) is 8.78 Å². The summed E-state index contributed by atoms with van der Waals surface area (Å²) in [6, 6.07) is 4.79. The summed E-state index contributed by atoms with van der Waals surface area (Å²) in [7, 11) is 0. The smallest absolute Gasteiger partial charge is 0.292 e. The van der Waals surface area contributed by atoms with Crippen molar-refractivity contribution >= 4 is 5.78 Å². The predicted octanol–water partition coefficient (Wildman–Crippen LogP) is 2.02. The van der Waals surface area contributed by atoms with E-state index in [0.29, 0.717) is 11.4 Å². The Hall–Kier alpha value is -2.37. The maximum Gasteiger partial charge on any atom is 0.348 e. The second kappa shape index (κ2) is 5.32. The van der Waals surface area contributed by atoms with Crippen molar-refractivity contribution in [1.29, 1.82) is 0 Å². The van der Waals surface area contributed by atoms with Crippen LogP contribution in [0.1, 0.15) is 21.7 Å². The van der Waals surface area contributed by atoms with Crippen molar-refractivity contribution in [2.45, 2.75) is 20.4 Å². The van der Waals surface area contributed by atoms with Crippen LogP contribution in [0.25, 0.3) is 0 Å². The molecule has 0 aliphatic rings. The highest BCUT2D eigenvalue weighted by Gasteiger charge is 2.18. The van der Waals surface area contributed by atoms with Gasteiger partial charge in [0.1, 0.15) is 11.6 Å². The minimum atomic E-state index is -0.944. The van der Waals surface area contributed by atoms with E-state index in [9.17, 15) is 18.4 Å². The zero-order valence-corrected chi connectivity index (χ0v) is 11.0. The van der Waals surface area contributed by atoms with E-state index in [0.717, 1.165) is 16.7 Å². The van der Waals surface area contributed by atoms with Crippen molar-refractivity contribution < 1.29 is 13.6 Å². The zero-order valence-electron chi connectivity index (χ0n) is 11.0. The molecule has 0 saturated heterocycles. The van der Waals surface area contributed by atoms with Crippen molar-refractivity contribution in [2.75, 3.05) is 0 Å². The number of rotatable bonds is 3. The number of hydrogen-bond donors (Lipinski definition) is 0. The van der Waals surface area contributed by atoms with E-state index in [-0.39, 0.29) is 0 Å². The summed E-state index contributed by atoms with van der Waals surface area (Å²) in [5, 5.41) is 0.